The van der Waals surface area contributed by atoms with E-state index in [9.17, 15) is 0 Å². The Morgan fingerprint density at radius 2 is 2.33 bits per heavy atom. The Morgan fingerprint density at radius 1 is 1.48 bits per heavy atom. The van der Waals surface area contributed by atoms with Crippen LogP contribution in [0.25, 0.3) is 0 Å². The number of nitrogens with one attached hydrogen (secondary N) is 1. The first-order chi connectivity index (χ1) is 10.2. The maximum Gasteiger partial charge on any atom is 0.133 e. The van der Waals surface area contributed by atoms with E-state index < -0.39 is 0 Å². The van der Waals surface area contributed by atoms with Crippen LogP contribution in [0.1, 0.15) is 50.6 Å². The quantitative estimate of drug-likeness (QED) is 0.746. The summed E-state index contributed by atoms with van der Waals surface area (Å²) in [6.45, 7) is 4.09. The van der Waals surface area contributed by atoms with Crippen LogP contribution in [-0.4, -0.2) is 26.4 Å². The Labute approximate surface area is 136 Å². The summed E-state index contributed by atoms with van der Waals surface area (Å²) in [6.07, 6.45) is 6.49. The Balaban J connectivity index is 1.92. The normalized spacial score (nSPS) is 19.7. The average Bonchev–Trinajstić information content (AvgIpc) is 2.99. The molecule has 1 aliphatic heterocycles. The Kier molecular flexibility index (Phi) is 7.00. The fourth-order valence-corrected chi connectivity index (χ4v) is 3.51. The molecule has 1 saturated heterocycles. The Bertz CT molecular complexity index is 433. The smallest absolute Gasteiger partial charge is 0.133 e. The lowest BCUT2D eigenvalue weighted by Gasteiger charge is -2.20. The molecular weight excluding hydrogens is 330 g/mol. The van der Waals surface area contributed by atoms with Crippen molar-refractivity contribution in [2.45, 2.75) is 51.2 Å². The topological polar surface area (TPSA) is 30.5 Å². The number of benzene rings is 1. The molecule has 1 aromatic rings. The molecule has 0 aromatic heterocycles. The van der Waals surface area contributed by atoms with Crippen molar-refractivity contribution < 1.29 is 9.47 Å². The van der Waals surface area contributed by atoms with Gasteiger partial charge >= 0.3 is 0 Å². The molecule has 2 unspecified atom stereocenters. The minimum Gasteiger partial charge on any atom is -0.496 e. The lowest BCUT2D eigenvalue weighted by Crippen LogP contribution is -2.21. The number of halogens is 1. The number of ether oxygens (including phenoxy) is 2. The molecule has 1 N–H and O–H groups in total. The fraction of sp³-hybridized carbons (Fsp3) is 0.647. The zero-order valence-corrected chi connectivity index (χ0v) is 14.6. The van der Waals surface area contributed by atoms with E-state index in [0.717, 1.165) is 29.8 Å². The van der Waals surface area contributed by atoms with Crippen molar-refractivity contribution in [3.63, 3.8) is 0 Å². The fourth-order valence-electron chi connectivity index (χ4n) is 2.95. The lowest BCUT2D eigenvalue weighted by atomic mass is 9.99. The summed E-state index contributed by atoms with van der Waals surface area (Å²) in [5.41, 5.74) is 1.32. The molecule has 1 aliphatic rings. The minimum absolute atomic E-state index is 0.401. The van der Waals surface area contributed by atoms with E-state index in [1.165, 1.54) is 31.2 Å². The first kappa shape index (κ1) is 16.8. The Morgan fingerprint density at radius 3 is 2.95 bits per heavy atom. The molecule has 0 spiro atoms. The van der Waals surface area contributed by atoms with Crippen LogP contribution in [0.4, 0.5) is 0 Å². The lowest BCUT2D eigenvalue weighted by molar-refractivity contribution is 0.101. The summed E-state index contributed by atoms with van der Waals surface area (Å²) in [4.78, 5) is 0. The van der Waals surface area contributed by atoms with E-state index in [-0.39, 0.29) is 0 Å². The molecule has 0 bridgehead atoms. The van der Waals surface area contributed by atoms with Gasteiger partial charge in [-0.3, -0.25) is 0 Å². The first-order valence-corrected chi connectivity index (χ1v) is 8.72. The van der Waals surface area contributed by atoms with Gasteiger partial charge in [0.05, 0.1) is 17.7 Å². The minimum atomic E-state index is 0.401. The van der Waals surface area contributed by atoms with Gasteiger partial charge in [-0.1, -0.05) is 13.0 Å². The van der Waals surface area contributed by atoms with Crippen LogP contribution in [0.15, 0.2) is 22.7 Å². The van der Waals surface area contributed by atoms with Crippen molar-refractivity contribution in [2.24, 2.45) is 0 Å². The van der Waals surface area contributed by atoms with Crippen LogP contribution in [0.3, 0.4) is 0 Å². The summed E-state index contributed by atoms with van der Waals surface area (Å²) >= 11 is 3.58. The molecular formula is C17H26BrNO2. The van der Waals surface area contributed by atoms with E-state index in [4.69, 9.17) is 9.47 Å². The van der Waals surface area contributed by atoms with Crippen LogP contribution >= 0.6 is 15.9 Å². The van der Waals surface area contributed by atoms with Crippen molar-refractivity contribution in [2.75, 3.05) is 20.3 Å². The molecule has 0 saturated carbocycles. The molecule has 4 heteroatoms. The van der Waals surface area contributed by atoms with Crippen LogP contribution in [0.2, 0.25) is 0 Å². The van der Waals surface area contributed by atoms with Crippen LogP contribution < -0.4 is 10.1 Å². The zero-order chi connectivity index (χ0) is 15.1. The predicted octanol–water partition coefficient (Wildman–Crippen LogP) is 4.46. The molecule has 2 rings (SSSR count). The molecule has 0 amide bonds. The van der Waals surface area contributed by atoms with E-state index >= 15 is 0 Å². The maximum atomic E-state index is 5.71. The van der Waals surface area contributed by atoms with Crippen molar-refractivity contribution >= 4 is 15.9 Å². The molecule has 0 aliphatic carbocycles. The van der Waals surface area contributed by atoms with Crippen LogP contribution in [0.5, 0.6) is 5.75 Å². The highest BCUT2D eigenvalue weighted by atomic mass is 79.9. The summed E-state index contributed by atoms with van der Waals surface area (Å²) in [5.74, 6) is 0.883. The van der Waals surface area contributed by atoms with Crippen molar-refractivity contribution in [3.8, 4) is 5.75 Å². The maximum absolute atomic E-state index is 5.71. The van der Waals surface area contributed by atoms with E-state index in [1.54, 1.807) is 7.11 Å². The molecule has 3 nitrogen and oxygen atoms in total. The second kappa shape index (κ2) is 8.76. The van der Waals surface area contributed by atoms with Gasteiger partial charge in [0.25, 0.3) is 0 Å². The third kappa shape index (κ3) is 4.97. The first-order valence-electron chi connectivity index (χ1n) is 7.93. The van der Waals surface area contributed by atoms with Gasteiger partial charge < -0.3 is 14.8 Å². The second-order valence-corrected chi connectivity index (χ2v) is 6.42. The highest BCUT2D eigenvalue weighted by Crippen LogP contribution is 2.30. The second-order valence-electron chi connectivity index (χ2n) is 5.57. The third-order valence-electron chi connectivity index (χ3n) is 4.07. The Hall–Kier alpha value is -0.580. The highest BCUT2D eigenvalue weighted by Gasteiger charge is 2.17. The molecule has 1 heterocycles. The summed E-state index contributed by atoms with van der Waals surface area (Å²) in [6, 6.07) is 6.75. The van der Waals surface area contributed by atoms with Gasteiger partial charge in [0.2, 0.25) is 0 Å². The summed E-state index contributed by atoms with van der Waals surface area (Å²) < 4.78 is 12.0. The van der Waals surface area contributed by atoms with Gasteiger partial charge in [0.1, 0.15) is 5.75 Å². The number of hydrogen-bond acceptors (Lipinski definition) is 3. The molecule has 0 radical (unpaired) electrons. The number of methoxy groups -OCH3 is 1. The van der Waals surface area contributed by atoms with Gasteiger partial charge in [-0.2, -0.15) is 0 Å². The predicted molar refractivity (Wildman–Crippen MR) is 89.9 cm³/mol. The number of hydrogen-bond donors (Lipinski definition) is 1. The van der Waals surface area contributed by atoms with Crippen LogP contribution in [-0.2, 0) is 4.74 Å². The molecule has 118 valence electrons. The van der Waals surface area contributed by atoms with Gasteiger partial charge in [-0.15, -0.1) is 0 Å². The van der Waals surface area contributed by atoms with Crippen molar-refractivity contribution in [1.82, 2.24) is 5.32 Å². The van der Waals surface area contributed by atoms with E-state index in [2.05, 4.69) is 40.3 Å². The average molecular weight is 356 g/mol. The van der Waals surface area contributed by atoms with E-state index in [0.29, 0.717) is 12.1 Å². The SMILES string of the molecule is CCNC(CCCC1CCCO1)c1ccc(OC)c(Br)c1. The van der Waals surface area contributed by atoms with Crippen molar-refractivity contribution in [3.05, 3.63) is 28.2 Å². The van der Waals surface area contributed by atoms with E-state index in [1.807, 2.05) is 6.07 Å². The zero-order valence-electron chi connectivity index (χ0n) is 13.0. The van der Waals surface area contributed by atoms with Gasteiger partial charge in [0, 0.05) is 12.6 Å². The van der Waals surface area contributed by atoms with Gasteiger partial charge in [0.15, 0.2) is 0 Å². The largest absolute Gasteiger partial charge is 0.496 e. The van der Waals surface area contributed by atoms with Crippen molar-refractivity contribution in [1.29, 1.82) is 0 Å². The highest BCUT2D eigenvalue weighted by molar-refractivity contribution is 9.10. The molecule has 1 fully saturated rings. The monoisotopic (exact) mass is 355 g/mol. The number of rotatable bonds is 8. The third-order valence-corrected chi connectivity index (χ3v) is 4.69. The molecule has 21 heavy (non-hydrogen) atoms. The molecule has 2 atom stereocenters. The van der Waals surface area contributed by atoms with Gasteiger partial charge in [-0.25, -0.2) is 0 Å². The van der Waals surface area contributed by atoms with Gasteiger partial charge in [-0.05, 0) is 72.3 Å². The summed E-state index contributed by atoms with van der Waals surface area (Å²) in [5, 5.41) is 3.59. The summed E-state index contributed by atoms with van der Waals surface area (Å²) in [7, 11) is 1.70. The van der Waals surface area contributed by atoms with Crippen LogP contribution in [0, 0.1) is 0 Å². The molecule has 1 aromatic carbocycles. The standard InChI is InChI=1S/C17H26BrNO2/c1-3-19-16(8-4-6-14-7-5-11-21-14)13-9-10-17(20-2)15(18)12-13/h9-10,12,14,16,19H,3-8,11H2,1-2H3.